The van der Waals surface area contributed by atoms with Crippen molar-refractivity contribution < 1.29 is 5.11 Å². The number of phenolic OH excluding ortho intramolecular Hbond substituents is 1. The van der Waals surface area contributed by atoms with E-state index < -0.39 is 0 Å². The van der Waals surface area contributed by atoms with Crippen LogP contribution >= 0.6 is 0 Å². The third-order valence-corrected chi connectivity index (χ3v) is 3.34. The van der Waals surface area contributed by atoms with Crippen LogP contribution in [0.1, 0.15) is 5.56 Å². The van der Waals surface area contributed by atoms with Gasteiger partial charge in [0.25, 0.3) is 0 Å². The average molecular weight is 224 g/mol. The average Bonchev–Trinajstić information content (AvgIpc) is 2.71. The van der Waals surface area contributed by atoms with Gasteiger partial charge in [-0.15, -0.1) is 0 Å². The predicted molar refractivity (Wildman–Crippen MR) is 69.4 cm³/mol. The van der Waals surface area contributed by atoms with E-state index in [0.29, 0.717) is 0 Å². The Morgan fingerprint density at radius 3 is 3.00 bits per heavy atom. The maximum absolute atomic E-state index is 9.83. The molecule has 1 N–H and O–H groups in total. The zero-order valence-electron chi connectivity index (χ0n) is 9.77. The highest BCUT2D eigenvalue weighted by Crippen LogP contribution is 2.34. The first kappa shape index (κ1) is 10.2. The molecule has 0 saturated heterocycles. The fraction of sp³-hybridized carbons (Fsp3) is 0.200. The van der Waals surface area contributed by atoms with Crippen LogP contribution < -0.4 is 4.90 Å². The second-order valence-corrected chi connectivity index (χ2v) is 4.45. The summed E-state index contributed by atoms with van der Waals surface area (Å²) in [6.07, 6.45) is 1.11. The third kappa shape index (κ3) is 1.66. The van der Waals surface area contributed by atoms with Gasteiger partial charge in [-0.2, -0.15) is 0 Å². The molecule has 1 radical (unpaired) electrons. The number of aromatic hydroxyl groups is 1. The van der Waals surface area contributed by atoms with E-state index in [0.717, 1.165) is 24.1 Å². The summed E-state index contributed by atoms with van der Waals surface area (Å²) < 4.78 is 0. The van der Waals surface area contributed by atoms with E-state index in [4.69, 9.17) is 0 Å². The molecule has 85 valence electrons. The van der Waals surface area contributed by atoms with E-state index >= 15 is 0 Å². The van der Waals surface area contributed by atoms with Gasteiger partial charge in [0.2, 0.25) is 0 Å². The first-order valence-corrected chi connectivity index (χ1v) is 5.80. The molecule has 1 heterocycles. The summed E-state index contributed by atoms with van der Waals surface area (Å²) in [5.41, 5.74) is 4.44. The number of nitrogens with zero attached hydrogens (tertiary/aromatic N) is 1. The number of rotatable bonds is 1. The molecule has 0 atom stereocenters. The number of phenols is 1. The Kier molecular flexibility index (Phi) is 2.29. The van der Waals surface area contributed by atoms with Gasteiger partial charge in [-0.1, -0.05) is 24.3 Å². The molecule has 0 fully saturated rings. The number of hydrogen-bond acceptors (Lipinski definition) is 2. The van der Waals surface area contributed by atoms with Gasteiger partial charge >= 0.3 is 0 Å². The van der Waals surface area contributed by atoms with Gasteiger partial charge in [-0.05, 0) is 35.7 Å². The molecule has 2 nitrogen and oxygen atoms in total. The molecule has 0 aliphatic carbocycles. The smallest absolute Gasteiger partial charge is 0.124 e. The summed E-state index contributed by atoms with van der Waals surface area (Å²) in [4.78, 5) is 2.25. The van der Waals surface area contributed by atoms with Crippen molar-refractivity contribution in [3.05, 3.63) is 48.0 Å². The Balaban J connectivity index is 2.11. The van der Waals surface area contributed by atoms with Gasteiger partial charge in [0, 0.05) is 24.8 Å². The highest BCUT2D eigenvalue weighted by molar-refractivity contribution is 5.75. The third-order valence-electron chi connectivity index (χ3n) is 3.34. The summed E-state index contributed by atoms with van der Waals surface area (Å²) >= 11 is 0. The molecule has 3 rings (SSSR count). The van der Waals surface area contributed by atoms with Crippen LogP contribution in [0.4, 0.5) is 5.69 Å². The second-order valence-electron chi connectivity index (χ2n) is 4.45. The van der Waals surface area contributed by atoms with Crippen molar-refractivity contribution in [1.82, 2.24) is 0 Å². The maximum Gasteiger partial charge on any atom is 0.124 e. The van der Waals surface area contributed by atoms with E-state index in [9.17, 15) is 5.11 Å². The largest absolute Gasteiger partial charge is 0.507 e. The van der Waals surface area contributed by atoms with Crippen molar-refractivity contribution in [3.63, 3.8) is 0 Å². The molecule has 2 aromatic carbocycles. The lowest BCUT2D eigenvalue weighted by molar-refractivity contribution is 0.477. The number of benzene rings is 2. The van der Waals surface area contributed by atoms with Crippen molar-refractivity contribution in [2.24, 2.45) is 0 Å². The molecule has 1 aliphatic heterocycles. The Hall–Kier alpha value is -1.96. The van der Waals surface area contributed by atoms with Crippen LogP contribution in [-0.4, -0.2) is 18.7 Å². The molecule has 0 amide bonds. The van der Waals surface area contributed by atoms with Crippen LogP contribution in [-0.2, 0) is 6.42 Å². The first-order chi connectivity index (χ1) is 8.25. The van der Waals surface area contributed by atoms with Gasteiger partial charge in [-0.25, -0.2) is 0 Å². The Bertz CT molecular complexity index is 563. The van der Waals surface area contributed by atoms with Crippen molar-refractivity contribution in [2.75, 3.05) is 18.5 Å². The molecule has 2 heteroatoms. The van der Waals surface area contributed by atoms with Gasteiger partial charge in [0.15, 0.2) is 0 Å². The van der Waals surface area contributed by atoms with Crippen LogP contribution in [0.25, 0.3) is 11.1 Å². The number of fused-ring (bicyclic) bond motifs is 1. The Labute approximate surface area is 101 Å². The summed E-state index contributed by atoms with van der Waals surface area (Å²) in [5, 5.41) is 9.83. The van der Waals surface area contributed by atoms with Crippen molar-refractivity contribution in [2.45, 2.75) is 6.42 Å². The number of anilines is 1. The van der Waals surface area contributed by atoms with Crippen molar-refractivity contribution >= 4 is 5.69 Å². The molecular formula is C15H14NO. The first-order valence-electron chi connectivity index (χ1n) is 5.80. The minimum Gasteiger partial charge on any atom is -0.507 e. The highest BCUT2D eigenvalue weighted by Gasteiger charge is 2.16. The van der Waals surface area contributed by atoms with Crippen LogP contribution in [0.3, 0.4) is 0 Å². The molecule has 1 aliphatic rings. The SMILES string of the molecule is CN1CCc2ccc(-c3[c]cccc3O)cc21. The topological polar surface area (TPSA) is 23.5 Å². The van der Waals surface area contributed by atoms with E-state index in [-0.39, 0.29) is 5.75 Å². The maximum atomic E-state index is 9.83. The fourth-order valence-electron chi connectivity index (χ4n) is 2.35. The Morgan fingerprint density at radius 1 is 1.29 bits per heavy atom. The predicted octanol–water partition coefficient (Wildman–Crippen LogP) is 2.85. The van der Waals surface area contributed by atoms with Gasteiger partial charge < -0.3 is 10.0 Å². The van der Waals surface area contributed by atoms with Crippen molar-refractivity contribution in [1.29, 1.82) is 0 Å². The normalized spacial score (nSPS) is 13.8. The van der Waals surface area contributed by atoms with E-state index in [2.05, 4.69) is 36.2 Å². The van der Waals surface area contributed by atoms with Crippen LogP contribution in [0.15, 0.2) is 36.4 Å². The molecule has 0 aromatic heterocycles. The molecular weight excluding hydrogens is 210 g/mol. The Morgan fingerprint density at radius 2 is 2.18 bits per heavy atom. The summed E-state index contributed by atoms with van der Waals surface area (Å²) in [6, 6.07) is 14.7. The number of likely N-dealkylation sites (N-methyl/N-ethyl adjacent to an activating group) is 1. The molecule has 17 heavy (non-hydrogen) atoms. The molecule has 0 bridgehead atoms. The quantitative estimate of drug-likeness (QED) is 0.805. The molecule has 0 spiro atoms. The number of hydrogen-bond donors (Lipinski definition) is 1. The standard InChI is InChI=1S/C15H14NO/c1-16-9-8-11-6-7-12(10-14(11)16)13-4-2-3-5-15(13)17/h2-3,5-7,10,17H,8-9H2,1H3. The van der Waals surface area contributed by atoms with Crippen LogP contribution in [0.5, 0.6) is 5.75 Å². The van der Waals surface area contributed by atoms with Gasteiger partial charge in [-0.3, -0.25) is 0 Å². The summed E-state index contributed by atoms with van der Waals surface area (Å²) in [7, 11) is 2.10. The zero-order valence-corrected chi connectivity index (χ0v) is 9.77. The lowest BCUT2D eigenvalue weighted by Gasteiger charge is -2.13. The second kappa shape index (κ2) is 3.81. The molecule has 2 aromatic rings. The molecule has 0 unspecified atom stereocenters. The van der Waals surface area contributed by atoms with Crippen molar-refractivity contribution in [3.8, 4) is 16.9 Å². The van der Waals surface area contributed by atoms with Gasteiger partial charge in [0.05, 0.1) is 0 Å². The lowest BCUT2D eigenvalue weighted by atomic mass is 10.0. The van der Waals surface area contributed by atoms with Crippen LogP contribution in [0.2, 0.25) is 0 Å². The minimum atomic E-state index is 0.285. The summed E-state index contributed by atoms with van der Waals surface area (Å²) in [5.74, 6) is 0.285. The van der Waals surface area contributed by atoms with E-state index in [1.54, 1.807) is 12.1 Å². The monoisotopic (exact) mass is 224 g/mol. The minimum absolute atomic E-state index is 0.285. The van der Waals surface area contributed by atoms with Crippen LogP contribution in [0, 0.1) is 6.07 Å². The summed E-state index contributed by atoms with van der Waals surface area (Å²) in [6.45, 7) is 1.07. The van der Waals surface area contributed by atoms with E-state index in [1.807, 2.05) is 6.07 Å². The van der Waals surface area contributed by atoms with E-state index in [1.165, 1.54) is 11.3 Å². The fourth-order valence-corrected chi connectivity index (χ4v) is 2.35. The highest BCUT2D eigenvalue weighted by atomic mass is 16.3. The zero-order chi connectivity index (χ0) is 11.8. The molecule has 0 saturated carbocycles. The lowest BCUT2D eigenvalue weighted by Crippen LogP contribution is -2.12. The van der Waals surface area contributed by atoms with Gasteiger partial charge in [0.1, 0.15) is 5.75 Å².